The van der Waals surface area contributed by atoms with Crippen molar-refractivity contribution in [3.8, 4) is 11.5 Å². The van der Waals surface area contributed by atoms with Gasteiger partial charge in [-0.25, -0.2) is 0 Å². The average molecular weight is 313 g/mol. The van der Waals surface area contributed by atoms with Crippen LogP contribution in [0.4, 0.5) is 0 Å². The summed E-state index contributed by atoms with van der Waals surface area (Å²) in [7, 11) is 0. The molecule has 0 aromatic heterocycles. The predicted molar refractivity (Wildman–Crippen MR) is 78.1 cm³/mol. The van der Waals surface area contributed by atoms with Crippen molar-refractivity contribution in [2.75, 3.05) is 13.2 Å². The van der Waals surface area contributed by atoms with Crippen LogP contribution >= 0.6 is 15.9 Å². The summed E-state index contributed by atoms with van der Waals surface area (Å²) in [5.74, 6) is 2.34. The lowest BCUT2D eigenvalue weighted by atomic mass is 9.97. The normalized spacial score (nSPS) is 23.1. The number of rotatable bonds is 5. The molecule has 1 fully saturated rings. The van der Waals surface area contributed by atoms with Gasteiger partial charge in [0.05, 0.1) is 13.2 Å². The molecule has 0 amide bonds. The molecule has 0 heterocycles. The van der Waals surface area contributed by atoms with Crippen LogP contribution in [0.3, 0.4) is 0 Å². The molecule has 0 saturated heterocycles. The first-order chi connectivity index (χ1) is 8.76. The van der Waals surface area contributed by atoms with Crippen molar-refractivity contribution < 1.29 is 9.47 Å². The summed E-state index contributed by atoms with van der Waals surface area (Å²) in [6.45, 7) is 5.34. The Morgan fingerprint density at radius 3 is 2.44 bits per heavy atom. The molecule has 0 radical (unpaired) electrons. The maximum absolute atomic E-state index is 5.68. The van der Waals surface area contributed by atoms with E-state index in [2.05, 4.69) is 28.1 Å². The Bertz CT molecular complexity index is 392. The molecule has 0 N–H and O–H groups in total. The van der Waals surface area contributed by atoms with Crippen molar-refractivity contribution in [2.24, 2.45) is 0 Å². The van der Waals surface area contributed by atoms with Gasteiger partial charge in [0.25, 0.3) is 0 Å². The summed E-state index contributed by atoms with van der Waals surface area (Å²) in [4.78, 5) is 0.602. The van der Waals surface area contributed by atoms with Crippen LogP contribution < -0.4 is 9.47 Å². The first kappa shape index (κ1) is 13.7. The second kappa shape index (κ2) is 6.46. The summed E-state index contributed by atoms with van der Waals surface area (Å²) >= 11 is 3.78. The molecule has 1 saturated carbocycles. The van der Waals surface area contributed by atoms with Gasteiger partial charge in [-0.15, -0.1) is 0 Å². The Morgan fingerprint density at radius 1 is 1.11 bits per heavy atom. The summed E-state index contributed by atoms with van der Waals surface area (Å²) in [5.41, 5.74) is 1.36. The highest BCUT2D eigenvalue weighted by Gasteiger charge is 2.27. The molecule has 18 heavy (non-hydrogen) atoms. The van der Waals surface area contributed by atoms with Crippen LogP contribution in [0.15, 0.2) is 18.2 Å². The quantitative estimate of drug-likeness (QED) is 0.744. The third kappa shape index (κ3) is 3.00. The maximum atomic E-state index is 5.68. The Morgan fingerprint density at radius 2 is 1.83 bits per heavy atom. The second-order valence-electron chi connectivity index (χ2n) is 4.63. The largest absolute Gasteiger partial charge is 0.490 e. The van der Waals surface area contributed by atoms with E-state index in [9.17, 15) is 0 Å². The molecule has 0 bridgehead atoms. The molecule has 100 valence electrons. The van der Waals surface area contributed by atoms with Crippen molar-refractivity contribution in [2.45, 2.75) is 43.9 Å². The van der Waals surface area contributed by atoms with Gasteiger partial charge in [0.15, 0.2) is 11.5 Å². The summed E-state index contributed by atoms with van der Waals surface area (Å²) in [6, 6.07) is 6.37. The zero-order valence-electron chi connectivity index (χ0n) is 11.1. The topological polar surface area (TPSA) is 18.5 Å². The minimum Gasteiger partial charge on any atom is -0.490 e. The van der Waals surface area contributed by atoms with Crippen LogP contribution in [0.2, 0.25) is 0 Å². The summed E-state index contributed by atoms with van der Waals surface area (Å²) < 4.78 is 11.3. The van der Waals surface area contributed by atoms with Crippen molar-refractivity contribution in [3.63, 3.8) is 0 Å². The van der Waals surface area contributed by atoms with Gasteiger partial charge >= 0.3 is 0 Å². The summed E-state index contributed by atoms with van der Waals surface area (Å²) in [5, 5.41) is 0. The highest BCUT2D eigenvalue weighted by Crippen LogP contribution is 2.41. The number of hydrogen-bond donors (Lipinski definition) is 0. The number of hydrogen-bond acceptors (Lipinski definition) is 2. The Labute approximate surface area is 118 Å². The van der Waals surface area contributed by atoms with E-state index in [0.29, 0.717) is 24.0 Å². The summed E-state index contributed by atoms with van der Waals surface area (Å²) in [6.07, 6.45) is 3.83. The van der Waals surface area contributed by atoms with E-state index in [-0.39, 0.29) is 0 Å². The van der Waals surface area contributed by atoms with Crippen LogP contribution in [0.1, 0.15) is 44.6 Å². The highest BCUT2D eigenvalue weighted by atomic mass is 79.9. The van der Waals surface area contributed by atoms with Gasteiger partial charge in [0, 0.05) is 4.83 Å². The molecule has 1 aromatic carbocycles. The Kier molecular flexibility index (Phi) is 4.93. The molecular weight excluding hydrogens is 292 g/mol. The molecule has 0 spiro atoms. The van der Waals surface area contributed by atoms with Crippen molar-refractivity contribution in [1.82, 2.24) is 0 Å². The second-order valence-corrected chi connectivity index (χ2v) is 5.80. The zero-order valence-corrected chi connectivity index (χ0v) is 12.7. The Balaban J connectivity index is 2.24. The van der Waals surface area contributed by atoms with E-state index in [1.54, 1.807) is 0 Å². The van der Waals surface area contributed by atoms with E-state index in [1.807, 2.05) is 19.9 Å². The molecule has 2 nitrogen and oxygen atoms in total. The lowest BCUT2D eigenvalue weighted by Gasteiger charge is -2.17. The fraction of sp³-hybridized carbons (Fsp3) is 0.600. The Hall–Kier alpha value is -0.700. The van der Waals surface area contributed by atoms with Gasteiger partial charge < -0.3 is 9.47 Å². The van der Waals surface area contributed by atoms with Gasteiger partial charge in [-0.1, -0.05) is 28.4 Å². The third-order valence-electron chi connectivity index (χ3n) is 3.43. The molecule has 2 unspecified atom stereocenters. The fourth-order valence-corrected chi connectivity index (χ4v) is 3.48. The molecular formula is C15H21BrO2. The van der Waals surface area contributed by atoms with Crippen molar-refractivity contribution in [1.29, 1.82) is 0 Å². The smallest absolute Gasteiger partial charge is 0.161 e. The van der Waals surface area contributed by atoms with Crippen molar-refractivity contribution >= 4 is 15.9 Å². The van der Waals surface area contributed by atoms with Crippen LogP contribution in [0.5, 0.6) is 11.5 Å². The fourth-order valence-electron chi connectivity index (χ4n) is 2.59. The van der Waals surface area contributed by atoms with E-state index in [0.717, 1.165) is 11.5 Å². The van der Waals surface area contributed by atoms with Gasteiger partial charge in [-0.2, -0.15) is 0 Å². The number of alkyl halides is 1. The lowest BCUT2D eigenvalue weighted by molar-refractivity contribution is 0.287. The average Bonchev–Trinajstić information content (AvgIpc) is 2.78. The predicted octanol–water partition coefficient (Wildman–Crippen LogP) is 4.52. The van der Waals surface area contributed by atoms with Gasteiger partial charge in [-0.05, 0) is 50.3 Å². The van der Waals surface area contributed by atoms with Crippen LogP contribution in [0, 0.1) is 0 Å². The molecule has 0 aliphatic heterocycles. The maximum Gasteiger partial charge on any atom is 0.161 e. The van der Waals surface area contributed by atoms with E-state index in [1.165, 1.54) is 24.8 Å². The van der Waals surface area contributed by atoms with Crippen LogP contribution in [-0.4, -0.2) is 18.0 Å². The highest BCUT2D eigenvalue weighted by molar-refractivity contribution is 9.09. The monoisotopic (exact) mass is 312 g/mol. The van der Waals surface area contributed by atoms with Gasteiger partial charge in [0.1, 0.15) is 0 Å². The number of ether oxygens (including phenoxy) is 2. The molecule has 2 atom stereocenters. The molecule has 1 aromatic rings. The SMILES string of the molecule is CCOc1ccc(C2CCCC2Br)cc1OCC. The minimum atomic E-state index is 0.602. The first-order valence-corrected chi connectivity index (χ1v) is 7.71. The van der Waals surface area contributed by atoms with Crippen molar-refractivity contribution in [3.05, 3.63) is 23.8 Å². The molecule has 1 aliphatic carbocycles. The third-order valence-corrected chi connectivity index (χ3v) is 4.52. The first-order valence-electron chi connectivity index (χ1n) is 6.79. The number of benzene rings is 1. The minimum absolute atomic E-state index is 0.602. The van der Waals surface area contributed by atoms with E-state index < -0.39 is 0 Å². The standard InChI is InChI=1S/C15H21BrO2/c1-3-17-14-9-8-11(10-15(14)18-4-2)12-6-5-7-13(12)16/h8-10,12-13H,3-7H2,1-2H3. The molecule has 3 heteroatoms. The number of halogens is 1. The van der Waals surface area contributed by atoms with Crippen LogP contribution in [0.25, 0.3) is 0 Å². The van der Waals surface area contributed by atoms with Crippen LogP contribution in [-0.2, 0) is 0 Å². The van der Waals surface area contributed by atoms with Gasteiger partial charge in [0.2, 0.25) is 0 Å². The van der Waals surface area contributed by atoms with E-state index >= 15 is 0 Å². The molecule has 2 rings (SSSR count). The zero-order chi connectivity index (χ0) is 13.0. The van der Waals surface area contributed by atoms with Gasteiger partial charge in [-0.3, -0.25) is 0 Å². The molecule has 1 aliphatic rings. The lowest BCUT2D eigenvalue weighted by Crippen LogP contribution is -2.06. The van der Waals surface area contributed by atoms with E-state index in [4.69, 9.17) is 9.47 Å².